The van der Waals surface area contributed by atoms with Crippen molar-refractivity contribution in [1.29, 1.82) is 0 Å². The maximum Gasteiger partial charge on any atom is 0.258 e. The number of hydrogen-bond acceptors (Lipinski definition) is 3. The maximum absolute atomic E-state index is 12.5. The van der Waals surface area contributed by atoms with Gasteiger partial charge in [-0.05, 0) is 66.9 Å². The molecule has 1 N–H and O–H groups in total. The van der Waals surface area contributed by atoms with Crippen LogP contribution in [0.1, 0.15) is 49.9 Å². The van der Waals surface area contributed by atoms with E-state index in [1.165, 1.54) is 5.56 Å². The second kappa shape index (κ2) is 7.93. The zero-order valence-corrected chi connectivity index (χ0v) is 17.9. The van der Waals surface area contributed by atoms with Crippen LogP contribution in [0.25, 0.3) is 0 Å². The van der Waals surface area contributed by atoms with Crippen molar-refractivity contribution in [1.82, 2.24) is 5.32 Å². The number of carbonyl (C=O) groups is 1. The van der Waals surface area contributed by atoms with E-state index in [0.29, 0.717) is 12.2 Å². The SMILES string of the molecule is CCc1ccc(OCC(=O)NC2CC(C)(C)Oc3ccc(C)cc32)c(Br)c1. The van der Waals surface area contributed by atoms with Crippen LogP contribution < -0.4 is 14.8 Å². The molecule has 1 unspecified atom stereocenters. The number of amides is 1. The first-order chi connectivity index (χ1) is 12.8. The predicted molar refractivity (Wildman–Crippen MR) is 110 cm³/mol. The molecular formula is C22H26BrNO3. The summed E-state index contributed by atoms with van der Waals surface area (Å²) in [5, 5.41) is 3.11. The van der Waals surface area contributed by atoms with Crippen molar-refractivity contribution in [2.24, 2.45) is 0 Å². The minimum atomic E-state index is -0.333. The molecule has 0 aliphatic carbocycles. The molecule has 2 aromatic carbocycles. The molecule has 0 spiro atoms. The second-order valence-electron chi connectivity index (χ2n) is 7.63. The van der Waals surface area contributed by atoms with Crippen molar-refractivity contribution in [2.45, 2.75) is 52.2 Å². The number of hydrogen-bond donors (Lipinski definition) is 1. The van der Waals surface area contributed by atoms with Gasteiger partial charge in [0.25, 0.3) is 5.91 Å². The molecule has 27 heavy (non-hydrogen) atoms. The predicted octanol–water partition coefficient (Wildman–Crippen LogP) is 5.12. The van der Waals surface area contributed by atoms with Crippen LogP contribution in [0.3, 0.4) is 0 Å². The van der Waals surface area contributed by atoms with Crippen LogP contribution in [-0.2, 0) is 11.2 Å². The fourth-order valence-electron chi connectivity index (χ4n) is 3.36. The van der Waals surface area contributed by atoms with Crippen LogP contribution in [0.15, 0.2) is 40.9 Å². The Labute approximate surface area is 169 Å². The summed E-state index contributed by atoms with van der Waals surface area (Å²) in [6, 6.07) is 11.9. The highest BCUT2D eigenvalue weighted by Gasteiger charge is 2.34. The summed E-state index contributed by atoms with van der Waals surface area (Å²) in [5.41, 5.74) is 3.05. The largest absolute Gasteiger partial charge is 0.487 e. The molecule has 1 aliphatic heterocycles. The standard InChI is InChI=1S/C22H26BrNO3/c1-5-15-7-9-20(17(23)11-15)26-13-21(25)24-18-12-22(3,4)27-19-8-6-14(2)10-16(18)19/h6-11,18H,5,12-13H2,1-4H3,(H,24,25). The Morgan fingerprint density at radius 3 is 2.78 bits per heavy atom. The Balaban J connectivity index is 1.68. The summed E-state index contributed by atoms with van der Waals surface area (Å²) in [6.07, 6.45) is 1.67. The summed E-state index contributed by atoms with van der Waals surface area (Å²) in [5.74, 6) is 1.36. The summed E-state index contributed by atoms with van der Waals surface area (Å²) in [4.78, 5) is 12.5. The molecule has 4 nitrogen and oxygen atoms in total. The molecule has 0 fully saturated rings. The lowest BCUT2D eigenvalue weighted by molar-refractivity contribution is -0.124. The molecule has 1 atom stereocenters. The first-order valence-electron chi connectivity index (χ1n) is 9.27. The maximum atomic E-state index is 12.5. The Kier molecular flexibility index (Phi) is 5.80. The summed E-state index contributed by atoms with van der Waals surface area (Å²) in [7, 11) is 0. The van der Waals surface area contributed by atoms with E-state index in [0.717, 1.165) is 27.8 Å². The smallest absolute Gasteiger partial charge is 0.258 e. The zero-order valence-electron chi connectivity index (χ0n) is 16.3. The van der Waals surface area contributed by atoms with Crippen LogP contribution in [0, 0.1) is 6.92 Å². The summed E-state index contributed by atoms with van der Waals surface area (Å²) in [6.45, 7) is 8.20. The molecule has 144 valence electrons. The topological polar surface area (TPSA) is 47.6 Å². The zero-order chi connectivity index (χ0) is 19.6. The molecule has 0 bridgehead atoms. The molecule has 0 saturated carbocycles. The van der Waals surface area contributed by atoms with E-state index in [9.17, 15) is 4.79 Å². The minimum Gasteiger partial charge on any atom is -0.487 e. The van der Waals surface area contributed by atoms with Gasteiger partial charge >= 0.3 is 0 Å². The third-order valence-electron chi connectivity index (χ3n) is 4.72. The van der Waals surface area contributed by atoms with Gasteiger partial charge in [-0.25, -0.2) is 0 Å². The Hall–Kier alpha value is -2.01. The van der Waals surface area contributed by atoms with Crippen molar-refractivity contribution in [3.05, 3.63) is 57.6 Å². The average Bonchev–Trinajstić information content (AvgIpc) is 2.60. The number of fused-ring (bicyclic) bond motifs is 1. The number of benzene rings is 2. The van der Waals surface area contributed by atoms with Crippen LogP contribution in [0.4, 0.5) is 0 Å². The van der Waals surface area contributed by atoms with Gasteiger partial charge in [-0.15, -0.1) is 0 Å². The summed E-state index contributed by atoms with van der Waals surface area (Å²) < 4.78 is 12.6. The van der Waals surface area contributed by atoms with Gasteiger partial charge in [0.15, 0.2) is 6.61 Å². The molecule has 0 aromatic heterocycles. The van der Waals surface area contributed by atoms with E-state index in [2.05, 4.69) is 34.2 Å². The third-order valence-corrected chi connectivity index (χ3v) is 5.34. The Bertz CT molecular complexity index is 847. The van der Waals surface area contributed by atoms with Crippen LogP contribution in [0.2, 0.25) is 0 Å². The van der Waals surface area contributed by atoms with E-state index in [4.69, 9.17) is 9.47 Å². The molecule has 3 rings (SSSR count). The lowest BCUT2D eigenvalue weighted by Crippen LogP contribution is -2.42. The van der Waals surface area contributed by atoms with Crippen LogP contribution in [-0.4, -0.2) is 18.1 Å². The fraction of sp³-hybridized carbons (Fsp3) is 0.409. The number of halogens is 1. The van der Waals surface area contributed by atoms with E-state index in [1.807, 2.05) is 51.1 Å². The third kappa shape index (κ3) is 4.83. The minimum absolute atomic E-state index is 0.0248. The molecule has 2 aromatic rings. The van der Waals surface area contributed by atoms with E-state index in [-0.39, 0.29) is 24.2 Å². The van der Waals surface area contributed by atoms with Crippen molar-refractivity contribution < 1.29 is 14.3 Å². The first-order valence-corrected chi connectivity index (χ1v) is 10.1. The number of rotatable bonds is 5. The van der Waals surface area contributed by atoms with Gasteiger partial charge in [0.2, 0.25) is 0 Å². The molecule has 1 aliphatic rings. The monoisotopic (exact) mass is 431 g/mol. The van der Waals surface area contributed by atoms with Gasteiger partial charge in [-0.2, -0.15) is 0 Å². The second-order valence-corrected chi connectivity index (χ2v) is 8.49. The lowest BCUT2D eigenvalue weighted by Gasteiger charge is -2.38. The number of nitrogens with one attached hydrogen (secondary N) is 1. The number of carbonyl (C=O) groups excluding carboxylic acids is 1. The van der Waals surface area contributed by atoms with Crippen molar-refractivity contribution in [3.63, 3.8) is 0 Å². The molecule has 1 amide bonds. The number of ether oxygens (including phenoxy) is 2. The normalized spacial score (nSPS) is 17.6. The molecule has 5 heteroatoms. The van der Waals surface area contributed by atoms with Gasteiger partial charge < -0.3 is 14.8 Å². The van der Waals surface area contributed by atoms with Crippen molar-refractivity contribution in [2.75, 3.05) is 6.61 Å². The van der Waals surface area contributed by atoms with Crippen LogP contribution >= 0.6 is 15.9 Å². The van der Waals surface area contributed by atoms with E-state index >= 15 is 0 Å². The van der Waals surface area contributed by atoms with Gasteiger partial charge in [-0.3, -0.25) is 4.79 Å². The highest BCUT2D eigenvalue weighted by molar-refractivity contribution is 9.10. The quantitative estimate of drug-likeness (QED) is 0.714. The molecule has 0 radical (unpaired) electrons. The van der Waals surface area contributed by atoms with Crippen LogP contribution in [0.5, 0.6) is 11.5 Å². The summed E-state index contributed by atoms with van der Waals surface area (Å²) >= 11 is 3.51. The van der Waals surface area contributed by atoms with E-state index < -0.39 is 0 Å². The first kappa shape index (κ1) is 19.7. The van der Waals surface area contributed by atoms with Gasteiger partial charge in [-0.1, -0.05) is 30.7 Å². The van der Waals surface area contributed by atoms with E-state index in [1.54, 1.807) is 0 Å². The van der Waals surface area contributed by atoms with Crippen molar-refractivity contribution >= 4 is 21.8 Å². The highest BCUT2D eigenvalue weighted by Crippen LogP contribution is 2.39. The van der Waals surface area contributed by atoms with Gasteiger partial charge in [0, 0.05) is 12.0 Å². The Morgan fingerprint density at radius 1 is 1.30 bits per heavy atom. The molecule has 1 heterocycles. The number of aryl methyl sites for hydroxylation is 2. The van der Waals surface area contributed by atoms with Crippen molar-refractivity contribution in [3.8, 4) is 11.5 Å². The average molecular weight is 432 g/mol. The highest BCUT2D eigenvalue weighted by atomic mass is 79.9. The molecular weight excluding hydrogens is 406 g/mol. The molecule has 0 saturated heterocycles. The fourth-order valence-corrected chi connectivity index (χ4v) is 3.90. The van der Waals surface area contributed by atoms with Gasteiger partial charge in [0.05, 0.1) is 10.5 Å². The lowest BCUT2D eigenvalue weighted by atomic mass is 9.89. The Morgan fingerprint density at radius 2 is 2.07 bits per heavy atom. The van der Waals surface area contributed by atoms with Gasteiger partial charge in [0.1, 0.15) is 17.1 Å².